The van der Waals surface area contributed by atoms with E-state index in [9.17, 15) is 10.2 Å². The Morgan fingerprint density at radius 1 is 0.935 bits per heavy atom. The Labute approximate surface area is 187 Å². The molecule has 1 unspecified atom stereocenters. The maximum atomic E-state index is 10.6. The summed E-state index contributed by atoms with van der Waals surface area (Å²) >= 11 is 1.57. The largest absolute Gasteiger partial charge is 0.490 e. The third-order valence-electron chi connectivity index (χ3n) is 5.34. The van der Waals surface area contributed by atoms with Crippen LogP contribution in [-0.4, -0.2) is 41.4 Å². The molecule has 0 saturated heterocycles. The first kappa shape index (κ1) is 21.5. The molecule has 5 heteroatoms. The van der Waals surface area contributed by atoms with E-state index in [1.807, 2.05) is 54.9 Å². The molecule has 4 nitrogen and oxygen atoms in total. The predicted molar refractivity (Wildman–Crippen MR) is 127 cm³/mol. The molecular formula is C26H27NO3S. The van der Waals surface area contributed by atoms with Gasteiger partial charge in [0.15, 0.2) is 0 Å². The molecule has 4 rings (SSSR count). The van der Waals surface area contributed by atoms with Gasteiger partial charge in [-0.05, 0) is 46.6 Å². The summed E-state index contributed by atoms with van der Waals surface area (Å²) in [5.41, 5.74) is 3.37. The minimum Gasteiger partial charge on any atom is -0.490 e. The lowest BCUT2D eigenvalue weighted by molar-refractivity contribution is 0.0750. The lowest BCUT2D eigenvalue weighted by Crippen LogP contribution is -2.32. The number of aliphatic hydroxyl groups excluding tert-OH is 2. The Morgan fingerprint density at radius 2 is 1.71 bits per heavy atom. The molecular weight excluding hydrogens is 406 g/mol. The number of rotatable bonds is 9. The van der Waals surface area contributed by atoms with Gasteiger partial charge in [0.05, 0.1) is 6.61 Å². The zero-order chi connectivity index (χ0) is 21.6. The molecule has 31 heavy (non-hydrogen) atoms. The highest BCUT2D eigenvalue weighted by Crippen LogP contribution is 2.31. The Kier molecular flexibility index (Phi) is 6.99. The number of benzene rings is 3. The number of likely N-dealkylation sites (N-methyl/N-ethyl adjacent to an activating group) is 1. The van der Waals surface area contributed by atoms with Crippen LogP contribution in [0, 0.1) is 0 Å². The van der Waals surface area contributed by atoms with E-state index in [4.69, 9.17) is 4.74 Å². The van der Waals surface area contributed by atoms with Crippen molar-refractivity contribution >= 4 is 22.1 Å². The fraction of sp³-hybridized carbons (Fsp3) is 0.231. The lowest BCUT2D eigenvalue weighted by Gasteiger charge is -2.22. The number of nitrogens with zero attached hydrogens (tertiary/aromatic N) is 1. The lowest BCUT2D eigenvalue weighted by atomic mass is 10.00. The van der Waals surface area contributed by atoms with Gasteiger partial charge in [-0.15, -0.1) is 11.3 Å². The fourth-order valence-corrected chi connectivity index (χ4v) is 4.65. The van der Waals surface area contributed by atoms with E-state index in [1.54, 1.807) is 11.3 Å². The summed E-state index contributed by atoms with van der Waals surface area (Å²) in [5, 5.41) is 24.4. The number of aliphatic hydroxyl groups is 2. The van der Waals surface area contributed by atoms with Crippen molar-refractivity contribution in [3.8, 4) is 16.9 Å². The van der Waals surface area contributed by atoms with Gasteiger partial charge in [0, 0.05) is 23.4 Å². The highest BCUT2D eigenvalue weighted by molar-refractivity contribution is 7.10. The first-order chi connectivity index (χ1) is 15.2. The van der Waals surface area contributed by atoms with E-state index in [-0.39, 0.29) is 13.2 Å². The van der Waals surface area contributed by atoms with Crippen LogP contribution in [0.25, 0.3) is 21.9 Å². The molecule has 0 fully saturated rings. The van der Waals surface area contributed by atoms with Gasteiger partial charge in [-0.2, -0.15) is 0 Å². The average molecular weight is 434 g/mol. The second-order valence-corrected chi connectivity index (χ2v) is 8.71. The molecule has 2 N–H and O–H groups in total. The number of ether oxygens (including phenoxy) is 1. The van der Waals surface area contributed by atoms with Crippen molar-refractivity contribution in [2.45, 2.75) is 19.3 Å². The summed E-state index contributed by atoms with van der Waals surface area (Å²) in [4.78, 5) is 3.07. The summed E-state index contributed by atoms with van der Waals surface area (Å²) in [6.45, 7) is 1.47. The number of hydrogen-bond donors (Lipinski definition) is 2. The monoisotopic (exact) mass is 433 g/mol. The topological polar surface area (TPSA) is 52.9 Å². The summed E-state index contributed by atoms with van der Waals surface area (Å²) in [7, 11) is 2.00. The molecule has 0 aliphatic rings. The minimum absolute atomic E-state index is 0.0431. The Hall–Kier alpha value is -2.70. The smallest absolute Gasteiger partial charge is 0.127 e. The van der Waals surface area contributed by atoms with Crippen molar-refractivity contribution in [2.24, 2.45) is 0 Å². The van der Waals surface area contributed by atoms with Crippen molar-refractivity contribution in [3.05, 3.63) is 88.6 Å². The molecule has 0 spiro atoms. The Balaban J connectivity index is 1.39. The fourth-order valence-electron chi connectivity index (χ4n) is 3.90. The van der Waals surface area contributed by atoms with Crippen LogP contribution in [0.5, 0.6) is 5.75 Å². The molecule has 0 aliphatic heterocycles. The molecule has 0 bridgehead atoms. The molecule has 0 aliphatic carbocycles. The van der Waals surface area contributed by atoms with Crippen LogP contribution in [0.4, 0.5) is 0 Å². The van der Waals surface area contributed by atoms with E-state index < -0.39 is 6.10 Å². The second-order valence-electron chi connectivity index (χ2n) is 7.71. The minimum atomic E-state index is -0.606. The third kappa shape index (κ3) is 5.14. The highest BCUT2D eigenvalue weighted by Gasteiger charge is 2.14. The number of hydrogen-bond acceptors (Lipinski definition) is 5. The molecule has 160 valence electrons. The standard InChI is InChI=1S/C26H27NO3S/c1-27(15-20-8-3-4-10-22(20)24-13-14-31-26(24)17-28)16-21(29)18-30-25-12-6-9-19-7-2-5-11-23(19)25/h2-14,21,28-29H,15-18H2,1H3. The van der Waals surface area contributed by atoms with Gasteiger partial charge < -0.3 is 14.9 Å². The van der Waals surface area contributed by atoms with E-state index in [2.05, 4.69) is 35.2 Å². The Morgan fingerprint density at radius 3 is 2.58 bits per heavy atom. The Bertz CT molecular complexity index is 1130. The summed E-state index contributed by atoms with van der Waals surface area (Å²) in [6.07, 6.45) is -0.606. The maximum absolute atomic E-state index is 10.6. The molecule has 0 radical (unpaired) electrons. The number of fused-ring (bicyclic) bond motifs is 1. The van der Waals surface area contributed by atoms with Crippen molar-refractivity contribution in [1.82, 2.24) is 4.90 Å². The van der Waals surface area contributed by atoms with Crippen LogP contribution in [0.3, 0.4) is 0 Å². The molecule has 0 amide bonds. The summed E-state index contributed by atoms with van der Waals surface area (Å²) in [5.74, 6) is 0.791. The van der Waals surface area contributed by atoms with Crippen LogP contribution in [-0.2, 0) is 13.2 Å². The van der Waals surface area contributed by atoms with Crippen LogP contribution >= 0.6 is 11.3 Å². The molecule has 1 aromatic heterocycles. The van der Waals surface area contributed by atoms with Crippen molar-refractivity contribution in [3.63, 3.8) is 0 Å². The van der Waals surface area contributed by atoms with E-state index in [0.29, 0.717) is 13.1 Å². The maximum Gasteiger partial charge on any atom is 0.127 e. The van der Waals surface area contributed by atoms with Crippen molar-refractivity contribution < 1.29 is 14.9 Å². The van der Waals surface area contributed by atoms with Gasteiger partial charge in [-0.3, -0.25) is 4.90 Å². The third-order valence-corrected chi connectivity index (χ3v) is 6.25. The van der Waals surface area contributed by atoms with Crippen molar-refractivity contribution in [2.75, 3.05) is 20.2 Å². The quantitative estimate of drug-likeness (QED) is 0.393. The van der Waals surface area contributed by atoms with Crippen LogP contribution in [0.2, 0.25) is 0 Å². The average Bonchev–Trinajstić information content (AvgIpc) is 3.26. The van der Waals surface area contributed by atoms with Gasteiger partial charge in [-0.1, -0.05) is 60.7 Å². The van der Waals surface area contributed by atoms with Gasteiger partial charge in [0.1, 0.15) is 18.5 Å². The first-order valence-electron chi connectivity index (χ1n) is 10.4. The molecule has 4 aromatic rings. The zero-order valence-electron chi connectivity index (χ0n) is 17.6. The van der Waals surface area contributed by atoms with Gasteiger partial charge in [0.25, 0.3) is 0 Å². The molecule has 3 aromatic carbocycles. The van der Waals surface area contributed by atoms with E-state index in [1.165, 1.54) is 5.56 Å². The van der Waals surface area contributed by atoms with Crippen molar-refractivity contribution in [1.29, 1.82) is 0 Å². The number of thiophene rings is 1. The SMILES string of the molecule is CN(Cc1ccccc1-c1ccsc1CO)CC(O)COc1cccc2ccccc12. The zero-order valence-corrected chi connectivity index (χ0v) is 18.4. The normalized spacial score (nSPS) is 12.4. The summed E-state index contributed by atoms with van der Waals surface area (Å²) in [6, 6.07) is 24.3. The van der Waals surface area contributed by atoms with Crippen LogP contribution in [0.15, 0.2) is 78.2 Å². The van der Waals surface area contributed by atoms with Crippen LogP contribution < -0.4 is 4.74 Å². The first-order valence-corrected chi connectivity index (χ1v) is 11.3. The molecule has 1 heterocycles. The van der Waals surface area contributed by atoms with Crippen LogP contribution in [0.1, 0.15) is 10.4 Å². The van der Waals surface area contributed by atoms with Gasteiger partial charge in [-0.25, -0.2) is 0 Å². The molecule has 0 saturated carbocycles. The summed E-state index contributed by atoms with van der Waals surface area (Å²) < 4.78 is 5.94. The van der Waals surface area contributed by atoms with E-state index >= 15 is 0 Å². The second kappa shape index (κ2) is 10.1. The highest BCUT2D eigenvalue weighted by atomic mass is 32.1. The predicted octanol–water partition coefficient (Wildman–Crippen LogP) is 4.93. The van der Waals surface area contributed by atoms with E-state index in [0.717, 1.165) is 32.5 Å². The van der Waals surface area contributed by atoms with Gasteiger partial charge in [0.2, 0.25) is 0 Å². The van der Waals surface area contributed by atoms with Gasteiger partial charge >= 0.3 is 0 Å². The molecule has 1 atom stereocenters.